The highest BCUT2D eigenvalue weighted by Crippen LogP contribution is 2.59. The molecule has 114 valence electrons. The molecule has 4 fully saturated rings. The van der Waals surface area contributed by atoms with Gasteiger partial charge < -0.3 is 0 Å². The second kappa shape index (κ2) is 4.89. The van der Waals surface area contributed by atoms with Crippen LogP contribution in [0.5, 0.6) is 0 Å². The fraction of sp³-hybridized carbons (Fsp3) is 0.579. The fourth-order valence-electron chi connectivity index (χ4n) is 5.66. The second-order valence-corrected chi connectivity index (χ2v) is 8.58. The first-order valence-electron chi connectivity index (χ1n) is 8.64. The van der Waals surface area contributed by atoms with E-state index in [1.54, 1.807) is 0 Å². The van der Waals surface area contributed by atoms with E-state index in [0.29, 0.717) is 0 Å². The van der Waals surface area contributed by atoms with E-state index in [0.717, 1.165) is 34.6 Å². The van der Waals surface area contributed by atoms with Crippen molar-refractivity contribution in [3.8, 4) is 10.6 Å². The number of nitrogens with zero attached hydrogens (tertiary/aromatic N) is 2. The molecule has 4 bridgehead atoms. The van der Waals surface area contributed by atoms with Crippen LogP contribution in [0.2, 0.25) is 0 Å². The highest BCUT2D eigenvalue weighted by Gasteiger charge is 2.49. The van der Waals surface area contributed by atoms with Crippen LogP contribution in [0.1, 0.15) is 49.3 Å². The third-order valence-corrected chi connectivity index (χ3v) is 7.25. The van der Waals surface area contributed by atoms with Crippen molar-refractivity contribution in [2.45, 2.75) is 44.9 Å². The minimum atomic E-state index is 0.745. The zero-order valence-electron chi connectivity index (χ0n) is 13.0. The van der Waals surface area contributed by atoms with Crippen LogP contribution in [0, 0.1) is 30.6 Å². The third kappa shape index (κ3) is 1.98. The normalized spacial score (nSPS) is 36.0. The summed E-state index contributed by atoms with van der Waals surface area (Å²) in [6, 6.07) is 2.08. The Kier molecular flexibility index (Phi) is 2.94. The van der Waals surface area contributed by atoms with Crippen LogP contribution < -0.4 is 0 Å². The van der Waals surface area contributed by atoms with Crippen molar-refractivity contribution >= 4 is 11.3 Å². The van der Waals surface area contributed by atoms with E-state index in [4.69, 9.17) is 4.98 Å². The Balaban J connectivity index is 1.49. The van der Waals surface area contributed by atoms with Crippen molar-refractivity contribution < 1.29 is 0 Å². The molecular weight excluding hydrogens is 288 g/mol. The van der Waals surface area contributed by atoms with Crippen LogP contribution in [-0.4, -0.2) is 9.97 Å². The van der Waals surface area contributed by atoms with E-state index >= 15 is 0 Å². The van der Waals surface area contributed by atoms with Gasteiger partial charge in [0, 0.05) is 29.3 Å². The summed E-state index contributed by atoms with van der Waals surface area (Å²) < 4.78 is 0. The van der Waals surface area contributed by atoms with Crippen LogP contribution in [0.3, 0.4) is 0 Å². The molecule has 0 atom stereocenters. The summed E-state index contributed by atoms with van der Waals surface area (Å²) >= 11 is 1.81. The zero-order valence-corrected chi connectivity index (χ0v) is 13.9. The molecule has 4 saturated carbocycles. The summed E-state index contributed by atoms with van der Waals surface area (Å²) in [5.41, 5.74) is 3.88. The van der Waals surface area contributed by atoms with Gasteiger partial charge in [0.15, 0.2) is 0 Å². The summed E-state index contributed by atoms with van der Waals surface area (Å²) in [5, 5.41) is 3.50. The highest BCUT2D eigenvalue weighted by molar-refractivity contribution is 7.13. The van der Waals surface area contributed by atoms with Crippen molar-refractivity contribution in [3.05, 3.63) is 35.1 Å². The number of hydrogen-bond acceptors (Lipinski definition) is 3. The van der Waals surface area contributed by atoms with Gasteiger partial charge in [0.05, 0.1) is 5.69 Å². The first-order valence-corrected chi connectivity index (χ1v) is 9.52. The van der Waals surface area contributed by atoms with Gasteiger partial charge in [0.2, 0.25) is 0 Å². The molecule has 0 aromatic carbocycles. The average molecular weight is 310 g/mol. The maximum absolute atomic E-state index is 5.07. The molecule has 0 saturated heterocycles. The standard InChI is InChI=1S/C19H22N2S/c1-11-2-3-20-9-16(11)19-21-17(10-22-19)18-14-5-12-4-13(7-14)8-15(18)6-12/h2-3,9-10,12-15,18H,4-8H2,1H3. The van der Waals surface area contributed by atoms with Crippen LogP contribution in [-0.2, 0) is 0 Å². The van der Waals surface area contributed by atoms with Gasteiger partial charge in [-0.05, 0) is 74.3 Å². The van der Waals surface area contributed by atoms with Gasteiger partial charge in [-0.25, -0.2) is 4.98 Å². The Morgan fingerprint density at radius 2 is 1.77 bits per heavy atom. The second-order valence-electron chi connectivity index (χ2n) is 7.72. The smallest absolute Gasteiger partial charge is 0.125 e. The molecule has 4 aliphatic carbocycles. The SMILES string of the molecule is Cc1ccncc1-c1nc(C2C3CC4CC(C3)CC2C4)cs1. The molecule has 0 aliphatic heterocycles. The number of thiazole rings is 1. The molecule has 2 aromatic rings. The van der Waals surface area contributed by atoms with Crippen LogP contribution in [0.4, 0.5) is 0 Å². The lowest BCUT2D eigenvalue weighted by molar-refractivity contribution is -0.00393. The Morgan fingerprint density at radius 1 is 1.05 bits per heavy atom. The molecule has 2 aromatic heterocycles. The first-order chi connectivity index (χ1) is 10.8. The lowest BCUT2D eigenvalue weighted by atomic mass is 9.51. The highest BCUT2D eigenvalue weighted by atomic mass is 32.1. The largest absolute Gasteiger partial charge is 0.264 e. The minimum Gasteiger partial charge on any atom is -0.264 e. The van der Waals surface area contributed by atoms with E-state index in [9.17, 15) is 0 Å². The maximum atomic E-state index is 5.07. The summed E-state index contributed by atoms with van der Waals surface area (Å²) in [4.78, 5) is 9.35. The maximum Gasteiger partial charge on any atom is 0.125 e. The summed E-state index contributed by atoms with van der Waals surface area (Å²) in [7, 11) is 0. The Morgan fingerprint density at radius 3 is 2.45 bits per heavy atom. The van der Waals surface area contributed by atoms with E-state index in [1.807, 2.05) is 23.7 Å². The van der Waals surface area contributed by atoms with E-state index < -0.39 is 0 Å². The monoisotopic (exact) mass is 310 g/mol. The van der Waals surface area contributed by atoms with Gasteiger partial charge >= 0.3 is 0 Å². The molecule has 4 aliphatic rings. The zero-order chi connectivity index (χ0) is 14.7. The molecule has 0 spiro atoms. The van der Waals surface area contributed by atoms with E-state index in [2.05, 4.69) is 23.4 Å². The average Bonchev–Trinajstić information content (AvgIpc) is 2.96. The Labute approximate surface area is 136 Å². The molecular formula is C19H22N2S. The minimum absolute atomic E-state index is 0.745. The van der Waals surface area contributed by atoms with Crippen LogP contribution in [0.15, 0.2) is 23.8 Å². The predicted molar refractivity (Wildman–Crippen MR) is 89.9 cm³/mol. The van der Waals surface area contributed by atoms with Gasteiger partial charge in [-0.3, -0.25) is 4.98 Å². The third-order valence-electron chi connectivity index (χ3n) is 6.36. The lowest BCUT2D eigenvalue weighted by Gasteiger charge is -2.54. The molecule has 2 nitrogen and oxygen atoms in total. The molecule has 0 N–H and O–H groups in total. The number of rotatable bonds is 2. The van der Waals surface area contributed by atoms with Crippen molar-refractivity contribution in [3.63, 3.8) is 0 Å². The van der Waals surface area contributed by atoms with Crippen molar-refractivity contribution in [1.29, 1.82) is 0 Å². The molecule has 3 heteroatoms. The van der Waals surface area contributed by atoms with Gasteiger partial charge in [0.1, 0.15) is 5.01 Å². The molecule has 0 radical (unpaired) electrons. The fourth-order valence-corrected chi connectivity index (χ4v) is 6.60. The summed E-state index contributed by atoms with van der Waals surface area (Å²) in [5.74, 6) is 4.66. The van der Waals surface area contributed by atoms with E-state index in [-0.39, 0.29) is 0 Å². The molecule has 0 unspecified atom stereocenters. The van der Waals surface area contributed by atoms with Gasteiger partial charge in [-0.1, -0.05) is 0 Å². The van der Waals surface area contributed by atoms with Crippen molar-refractivity contribution in [1.82, 2.24) is 9.97 Å². The summed E-state index contributed by atoms with van der Waals surface area (Å²) in [6.07, 6.45) is 11.2. The Hall–Kier alpha value is -1.22. The first kappa shape index (κ1) is 13.2. The molecule has 22 heavy (non-hydrogen) atoms. The summed E-state index contributed by atoms with van der Waals surface area (Å²) in [6.45, 7) is 2.15. The van der Waals surface area contributed by atoms with Crippen LogP contribution >= 0.6 is 11.3 Å². The lowest BCUT2D eigenvalue weighted by Crippen LogP contribution is -2.43. The van der Waals surface area contributed by atoms with Gasteiger partial charge in [0.25, 0.3) is 0 Å². The van der Waals surface area contributed by atoms with Crippen LogP contribution in [0.25, 0.3) is 10.6 Å². The van der Waals surface area contributed by atoms with Gasteiger partial charge in [-0.2, -0.15) is 0 Å². The number of hydrogen-bond donors (Lipinski definition) is 0. The van der Waals surface area contributed by atoms with E-state index in [1.165, 1.54) is 48.9 Å². The Bertz CT molecular complexity index is 677. The predicted octanol–water partition coefficient (Wildman–Crippen LogP) is 5.05. The quantitative estimate of drug-likeness (QED) is 0.775. The number of pyridine rings is 1. The number of aromatic nitrogens is 2. The van der Waals surface area contributed by atoms with Gasteiger partial charge in [-0.15, -0.1) is 11.3 Å². The molecule has 0 amide bonds. The number of aryl methyl sites for hydroxylation is 1. The van der Waals surface area contributed by atoms with Crippen molar-refractivity contribution in [2.75, 3.05) is 0 Å². The topological polar surface area (TPSA) is 25.8 Å². The van der Waals surface area contributed by atoms with Crippen molar-refractivity contribution in [2.24, 2.45) is 23.7 Å². The molecule has 2 heterocycles. The molecule has 6 rings (SSSR count).